The number of hydrogen-bond donors (Lipinski definition) is 1. The van der Waals surface area contributed by atoms with Crippen LogP contribution in [-0.4, -0.2) is 18.2 Å². The summed E-state index contributed by atoms with van der Waals surface area (Å²) in [5.41, 5.74) is 1.02. The van der Waals surface area contributed by atoms with Gasteiger partial charge in [0.2, 0.25) is 5.91 Å². The maximum absolute atomic E-state index is 11.7. The van der Waals surface area contributed by atoms with Crippen molar-refractivity contribution in [3.8, 4) is 0 Å². The first-order valence-electron chi connectivity index (χ1n) is 5.05. The SMILES string of the molecule is CNC(=O)C1SC=COC1c1ccccc1. The Bertz CT molecular complexity index is 391. The molecule has 0 aliphatic carbocycles. The van der Waals surface area contributed by atoms with E-state index in [0.717, 1.165) is 5.56 Å². The third kappa shape index (κ3) is 2.22. The molecule has 2 unspecified atom stereocenters. The molecule has 4 heteroatoms. The van der Waals surface area contributed by atoms with Gasteiger partial charge in [0.1, 0.15) is 11.4 Å². The molecule has 1 aromatic carbocycles. The molecule has 0 spiro atoms. The maximum atomic E-state index is 11.7. The highest BCUT2D eigenvalue weighted by molar-refractivity contribution is 8.03. The van der Waals surface area contributed by atoms with Crippen molar-refractivity contribution in [1.82, 2.24) is 5.32 Å². The molecular formula is C12H13NO2S. The number of ether oxygens (including phenoxy) is 1. The standard InChI is InChI=1S/C12H13NO2S/c1-13-12(14)11-10(15-7-8-16-11)9-5-3-2-4-6-9/h2-8,10-11H,1H3,(H,13,14). The average Bonchev–Trinajstić information content (AvgIpc) is 2.39. The van der Waals surface area contributed by atoms with Gasteiger partial charge in [-0.1, -0.05) is 30.3 Å². The van der Waals surface area contributed by atoms with Crippen molar-refractivity contribution < 1.29 is 9.53 Å². The Hall–Kier alpha value is -1.42. The molecule has 1 aromatic rings. The van der Waals surface area contributed by atoms with Gasteiger partial charge in [-0.2, -0.15) is 0 Å². The molecule has 1 amide bonds. The molecule has 0 radical (unpaired) electrons. The van der Waals surface area contributed by atoms with Crippen LogP contribution in [0.2, 0.25) is 0 Å². The van der Waals surface area contributed by atoms with Crippen LogP contribution in [0.25, 0.3) is 0 Å². The summed E-state index contributed by atoms with van der Waals surface area (Å²) >= 11 is 1.48. The van der Waals surface area contributed by atoms with E-state index in [4.69, 9.17) is 4.74 Å². The summed E-state index contributed by atoms with van der Waals surface area (Å²) in [7, 11) is 1.64. The minimum absolute atomic E-state index is 0.0109. The van der Waals surface area contributed by atoms with Crippen LogP contribution in [0, 0.1) is 0 Å². The summed E-state index contributed by atoms with van der Waals surface area (Å²) in [6.07, 6.45) is 1.43. The zero-order valence-electron chi connectivity index (χ0n) is 8.92. The largest absolute Gasteiger partial charge is 0.491 e. The summed E-state index contributed by atoms with van der Waals surface area (Å²) in [5, 5.41) is 4.24. The Morgan fingerprint density at radius 1 is 1.38 bits per heavy atom. The number of rotatable bonds is 2. The van der Waals surface area contributed by atoms with Crippen molar-refractivity contribution in [3.63, 3.8) is 0 Å². The average molecular weight is 235 g/mol. The van der Waals surface area contributed by atoms with Crippen molar-refractivity contribution in [1.29, 1.82) is 0 Å². The third-order valence-corrected chi connectivity index (χ3v) is 3.44. The van der Waals surface area contributed by atoms with Crippen LogP contribution < -0.4 is 5.32 Å². The Balaban J connectivity index is 2.24. The summed E-state index contributed by atoms with van der Waals surface area (Å²) in [5.74, 6) is -0.0109. The van der Waals surface area contributed by atoms with Gasteiger partial charge in [0, 0.05) is 12.5 Å². The van der Waals surface area contributed by atoms with Crippen LogP contribution in [-0.2, 0) is 9.53 Å². The molecule has 1 N–H and O–H groups in total. The second kappa shape index (κ2) is 5.07. The van der Waals surface area contributed by atoms with Gasteiger partial charge < -0.3 is 10.1 Å². The quantitative estimate of drug-likeness (QED) is 0.853. The van der Waals surface area contributed by atoms with Gasteiger partial charge in [0.15, 0.2) is 0 Å². The minimum atomic E-state index is -0.225. The second-order valence-corrected chi connectivity index (χ2v) is 4.46. The molecule has 2 rings (SSSR count). The van der Waals surface area contributed by atoms with Crippen LogP contribution >= 0.6 is 11.8 Å². The molecule has 1 heterocycles. The van der Waals surface area contributed by atoms with Gasteiger partial charge in [-0.25, -0.2) is 0 Å². The highest BCUT2D eigenvalue weighted by Gasteiger charge is 2.31. The fourth-order valence-corrected chi connectivity index (χ4v) is 2.52. The Morgan fingerprint density at radius 3 is 2.81 bits per heavy atom. The Kier molecular flexibility index (Phi) is 3.51. The summed E-state index contributed by atoms with van der Waals surface area (Å²) in [6, 6.07) is 9.79. The predicted octanol–water partition coefficient (Wildman–Crippen LogP) is 2.08. The summed E-state index contributed by atoms with van der Waals surface area (Å²) in [6.45, 7) is 0. The second-order valence-electron chi connectivity index (χ2n) is 3.41. The van der Waals surface area contributed by atoms with Gasteiger partial charge in [-0.3, -0.25) is 4.79 Å². The van der Waals surface area contributed by atoms with Crippen molar-refractivity contribution in [3.05, 3.63) is 47.6 Å². The van der Waals surface area contributed by atoms with Crippen molar-refractivity contribution in [2.24, 2.45) is 0 Å². The molecule has 0 fully saturated rings. The first kappa shape index (κ1) is 11.1. The number of carbonyl (C=O) groups is 1. The number of carbonyl (C=O) groups excluding carboxylic acids is 1. The fourth-order valence-electron chi connectivity index (χ4n) is 1.61. The lowest BCUT2D eigenvalue weighted by Crippen LogP contribution is -2.35. The molecule has 3 nitrogen and oxygen atoms in total. The van der Waals surface area contributed by atoms with E-state index in [9.17, 15) is 4.79 Å². The zero-order chi connectivity index (χ0) is 11.4. The Labute approximate surface area is 98.9 Å². The van der Waals surface area contributed by atoms with Crippen LogP contribution in [0.5, 0.6) is 0 Å². The topological polar surface area (TPSA) is 38.3 Å². The molecule has 0 aromatic heterocycles. The van der Waals surface area contributed by atoms with E-state index in [0.29, 0.717) is 0 Å². The minimum Gasteiger partial charge on any atom is -0.491 e. The highest BCUT2D eigenvalue weighted by atomic mass is 32.2. The number of nitrogens with one attached hydrogen (secondary N) is 1. The van der Waals surface area contributed by atoms with E-state index in [1.165, 1.54) is 11.8 Å². The van der Waals surface area contributed by atoms with Crippen LogP contribution in [0.3, 0.4) is 0 Å². The molecule has 0 saturated heterocycles. The van der Waals surface area contributed by atoms with Crippen LogP contribution in [0.1, 0.15) is 11.7 Å². The van der Waals surface area contributed by atoms with E-state index in [1.54, 1.807) is 18.7 Å². The zero-order valence-corrected chi connectivity index (χ0v) is 9.74. The van der Waals surface area contributed by atoms with Gasteiger partial charge in [-0.15, -0.1) is 11.8 Å². The number of thioether (sulfide) groups is 1. The lowest BCUT2D eigenvalue weighted by Gasteiger charge is -2.27. The number of benzene rings is 1. The molecule has 0 bridgehead atoms. The first-order valence-corrected chi connectivity index (χ1v) is 5.99. The number of amides is 1. The highest BCUT2D eigenvalue weighted by Crippen LogP contribution is 2.34. The molecule has 0 saturated carbocycles. The van der Waals surface area contributed by atoms with E-state index in [2.05, 4.69) is 5.32 Å². The van der Waals surface area contributed by atoms with E-state index < -0.39 is 0 Å². The van der Waals surface area contributed by atoms with Crippen LogP contribution in [0.15, 0.2) is 42.0 Å². The fraction of sp³-hybridized carbons (Fsp3) is 0.250. The molecule has 1 aliphatic rings. The van der Waals surface area contributed by atoms with E-state index in [1.807, 2.05) is 30.3 Å². The monoisotopic (exact) mass is 235 g/mol. The Morgan fingerprint density at radius 2 is 2.12 bits per heavy atom. The third-order valence-electron chi connectivity index (χ3n) is 2.41. The molecular weight excluding hydrogens is 222 g/mol. The first-order chi connectivity index (χ1) is 7.83. The van der Waals surface area contributed by atoms with Crippen molar-refractivity contribution >= 4 is 17.7 Å². The molecule has 84 valence electrons. The lowest BCUT2D eigenvalue weighted by molar-refractivity contribution is -0.122. The van der Waals surface area contributed by atoms with Gasteiger partial charge in [0.05, 0.1) is 6.26 Å². The molecule has 2 atom stereocenters. The lowest BCUT2D eigenvalue weighted by atomic mass is 10.1. The number of hydrogen-bond acceptors (Lipinski definition) is 3. The van der Waals surface area contributed by atoms with Gasteiger partial charge >= 0.3 is 0 Å². The molecule has 1 aliphatic heterocycles. The normalized spacial score (nSPS) is 23.6. The molecule has 16 heavy (non-hydrogen) atoms. The van der Waals surface area contributed by atoms with Gasteiger partial charge in [0.25, 0.3) is 0 Å². The van der Waals surface area contributed by atoms with E-state index >= 15 is 0 Å². The smallest absolute Gasteiger partial charge is 0.237 e. The van der Waals surface area contributed by atoms with Gasteiger partial charge in [-0.05, 0) is 5.56 Å². The van der Waals surface area contributed by atoms with E-state index in [-0.39, 0.29) is 17.3 Å². The maximum Gasteiger partial charge on any atom is 0.237 e. The van der Waals surface area contributed by atoms with Crippen molar-refractivity contribution in [2.45, 2.75) is 11.4 Å². The predicted molar refractivity (Wildman–Crippen MR) is 64.9 cm³/mol. The van der Waals surface area contributed by atoms with Crippen molar-refractivity contribution in [2.75, 3.05) is 7.05 Å². The summed E-state index contributed by atoms with van der Waals surface area (Å²) < 4.78 is 5.54. The van der Waals surface area contributed by atoms with Crippen LogP contribution in [0.4, 0.5) is 0 Å². The summed E-state index contributed by atoms with van der Waals surface area (Å²) in [4.78, 5) is 11.7.